The number of rotatable bonds is 11. The molecule has 4 amide bonds. The molecule has 2 heterocycles. The van der Waals surface area contributed by atoms with Crippen molar-refractivity contribution in [2.24, 2.45) is 5.92 Å². The van der Waals surface area contributed by atoms with Crippen LogP contribution >= 0.6 is 12.2 Å². The first kappa shape index (κ1) is 36.6. The molecule has 0 aromatic heterocycles. The van der Waals surface area contributed by atoms with Gasteiger partial charge in [0.1, 0.15) is 23.7 Å². The van der Waals surface area contributed by atoms with Crippen molar-refractivity contribution in [2.45, 2.75) is 103 Å². The SMILES string of the molecule is CCNC(=S)NC[C@H]1CC[C@H]2CC[C@@H](C(=O)NC(c3ccccc3)c3ccccc3)N2C(=O)[C@H]1NC(=O)[C@H](CC)NC(=O)OC(C)(C)C. The lowest BCUT2D eigenvalue weighted by Crippen LogP contribution is -2.60. The summed E-state index contributed by atoms with van der Waals surface area (Å²) in [6, 6.07) is 16.4. The zero-order valence-electron chi connectivity index (χ0n) is 28.6. The first-order valence-electron chi connectivity index (χ1n) is 17.0. The highest BCUT2D eigenvalue weighted by molar-refractivity contribution is 7.80. The number of ether oxygens (including phenoxy) is 1. The number of nitrogens with zero attached hydrogens (tertiary/aromatic N) is 1. The van der Waals surface area contributed by atoms with Gasteiger partial charge in [-0.1, -0.05) is 67.6 Å². The van der Waals surface area contributed by atoms with Crippen molar-refractivity contribution in [3.63, 3.8) is 0 Å². The Morgan fingerprint density at radius 3 is 2.06 bits per heavy atom. The van der Waals surface area contributed by atoms with E-state index in [4.69, 9.17) is 17.0 Å². The molecule has 48 heavy (non-hydrogen) atoms. The zero-order valence-corrected chi connectivity index (χ0v) is 29.4. The van der Waals surface area contributed by atoms with Crippen molar-refractivity contribution in [3.05, 3.63) is 71.8 Å². The third-order valence-electron chi connectivity index (χ3n) is 8.80. The van der Waals surface area contributed by atoms with E-state index < -0.39 is 41.8 Å². The van der Waals surface area contributed by atoms with E-state index in [2.05, 4.69) is 26.6 Å². The lowest BCUT2D eigenvalue weighted by Gasteiger charge is -2.33. The summed E-state index contributed by atoms with van der Waals surface area (Å²) in [5.74, 6) is -1.36. The van der Waals surface area contributed by atoms with Gasteiger partial charge in [0.05, 0.1) is 6.04 Å². The summed E-state index contributed by atoms with van der Waals surface area (Å²) in [5.41, 5.74) is 1.13. The second-order valence-corrected chi connectivity index (χ2v) is 13.8. The minimum atomic E-state index is -0.943. The molecule has 5 atom stereocenters. The molecule has 4 rings (SSSR count). The lowest BCUT2D eigenvalue weighted by atomic mass is 9.92. The minimum Gasteiger partial charge on any atom is -0.444 e. The van der Waals surface area contributed by atoms with Gasteiger partial charge in [0.15, 0.2) is 5.11 Å². The molecule has 2 aromatic rings. The van der Waals surface area contributed by atoms with E-state index in [0.29, 0.717) is 43.9 Å². The van der Waals surface area contributed by atoms with Crippen LogP contribution in [0.25, 0.3) is 0 Å². The second-order valence-electron chi connectivity index (χ2n) is 13.4. The quantitative estimate of drug-likeness (QED) is 0.225. The Morgan fingerprint density at radius 2 is 1.50 bits per heavy atom. The molecule has 11 nitrogen and oxygen atoms in total. The molecule has 0 radical (unpaired) electrons. The van der Waals surface area contributed by atoms with Gasteiger partial charge >= 0.3 is 6.09 Å². The number of fused-ring (bicyclic) bond motifs is 1. The van der Waals surface area contributed by atoms with E-state index in [1.165, 1.54) is 0 Å². The van der Waals surface area contributed by atoms with Crippen molar-refractivity contribution < 1.29 is 23.9 Å². The lowest BCUT2D eigenvalue weighted by molar-refractivity contribution is -0.143. The van der Waals surface area contributed by atoms with Crippen LogP contribution < -0.4 is 26.6 Å². The van der Waals surface area contributed by atoms with Crippen LogP contribution in [-0.2, 0) is 19.1 Å². The van der Waals surface area contributed by atoms with E-state index in [-0.39, 0.29) is 30.2 Å². The Kier molecular flexibility index (Phi) is 12.8. The van der Waals surface area contributed by atoms with Crippen LogP contribution in [0.1, 0.15) is 83.9 Å². The van der Waals surface area contributed by atoms with Gasteiger partial charge < -0.3 is 36.2 Å². The van der Waals surface area contributed by atoms with Crippen LogP contribution in [0, 0.1) is 5.92 Å². The fourth-order valence-electron chi connectivity index (χ4n) is 6.48. The molecule has 2 fully saturated rings. The van der Waals surface area contributed by atoms with Crippen molar-refractivity contribution in [1.82, 2.24) is 31.5 Å². The molecule has 2 aromatic carbocycles. The monoisotopic (exact) mass is 678 g/mol. The van der Waals surface area contributed by atoms with Crippen LogP contribution in [0.4, 0.5) is 4.79 Å². The smallest absolute Gasteiger partial charge is 0.408 e. The normalized spacial score (nSPS) is 21.4. The average molecular weight is 679 g/mol. The molecule has 5 N–H and O–H groups in total. The number of hydrogen-bond donors (Lipinski definition) is 5. The van der Waals surface area contributed by atoms with Crippen LogP contribution in [0.5, 0.6) is 0 Å². The zero-order chi connectivity index (χ0) is 34.8. The number of benzene rings is 2. The standard InChI is InChI=1S/C36H50N6O5S/c1-6-27(39-35(46)47-36(3,4)5)31(43)41-30-25(22-38-34(48)37-7-2)18-19-26-20-21-28(42(26)33(30)45)32(44)40-29(23-14-10-8-11-15-23)24-16-12-9-13-17-24/h8-17,25-30H,6-7,18-22H2,1-5H3,(H,39,46)(H,40,44)(H,41,43)(H2,37,38,48)/t25-,26+,27+,28+,30+/m1/s1. The Morgan fingerprint density at radius 1 is 0.896 bits per heavy atom. The molecule has 12 heteroatoms. The van der Waals surface area contributed by atoms with Gasteiger partial charge in [0.2, 0.25) is 17.7 Å². The number of nitrogens with one attached hydrogen (secondary N) is 5. The fraction of sp³-hybridized carbons (Fsp3) is 0.528. The molecule has 0 aliphatic carbocycles. The van der Waals surface area contributed by atoms with Gasteiger partial charge in [-0.25, -0.2) is 4.79 Å². The van der Waals surface area contributed by atoms with E-state index in [9.17, 15) is 19.2 Å². The molecule has 2 aliphatic heterocycles. The van der Waals surface area contributed by atoms with Crippen molar-refractivity contribution >= 4 is 41.1 Å². The van der Waals surface area contributed by atoms with Gasteiger partial charge in [-0.15, -0.1) is 0 Å². The fourth-order valence-corrected chi connectivity index (χ4v) is 6.71. The molecule has 2 saturated heterocycles. The predicted molar refractivity (Wildman–Crippen MR) is 189 cm³/mol. The van der Waals surface area contributed by atoms with Crippen LogP contribution in [0.3, 0.4) is 0 Å². The first-order chi connectivity index (χ1) is 22.9. The highest BCUT2D eigenvalue weighted by Gasteiger charge is 2.48. The van der Waals surface area contributed by atoms with Crippen molar-refractivity contribution in [1.29, 1.82) is 0 Å². The summed E-state index contributed by atoms with van der Waals surface area (Å²) in [7, 11) is 0. The summed E-state index contributed by atoms with van der Waals surface area (Å²) in [5, 5.41) is 15.6. The minimum absolute atomic E-state index is 0.146. The number of amides is 4. The highest BCUT2D eigenvalue weighted by Crippen LogP contribution is 2.35. The second kappa shape index (κ2) is 16.8. The molecule has 0 unspecified atom stereocenters. The predicted octanol–water partition coefficient (Wildman–Crippen LogP) is 3.93. The molecule has 0 saturated carbocycles. The maximum absolute atomic E-state index is 14.5. The summed E-state index contributed by atoms with van der Waals surface area (Å²) in [4.78, 5) is 56.6. The summed E-state index contributed by atoms with van der Waals surface area (Å²) in [6.07, 6.45) is 2.08. The number of carbonyl (C=O) groups excluding carboxylic acids is 4. The molecule has 0 bridgehead atoms. The van der Waals surface area contributed by atoms with Gasteiger partial charge in [-0.3, -0.25) is 14.4 Å². The number of hydrogen-bond acceptors (Lipinski definition) is 6. The van der Waals surface area contributed by atoms with E-state index >= 15 is 0 Å². The summed E-state index contributed by atoms with van der Waals surface area (Å²) < 4.78 is 5.37. The third kappa shape index (κ3) is 9.68. The van der Waals surface area contributed by atoms with Crippen LogP contribution in [0.15, 0.2) is 60.7 Å². The summed E-state index contributed by atoms with van der Waals surface area (Å²) in [6.45, 7) is 9.94. The molecule has 0 spiro atoms. The number of alkyl carbamates (subject to hydrolysis) is 1. The Balaban J connectivity index is 1.58. The first-order valence-corrected chi connectivity index (χ1v) is 17.4. The van der Waals surface area contributed by atoms with Crippen LogP contribution in [-0.4, -0.2) is 76.7 Å². The molecular formula is C36H50N6O5S. The molecular weight excluding hydrogens is 629 g/mol. The number of thiocarbonyl (C=S) groups is 1. The summed E-state index contributed by atoms with van der Waals surface area (Å²) >= 11 is 5.40. The Bertz CT molecular complexity index is 1380. The average Bonchev–Trinajstić information content (AvgIpc) is 3.44. The molecule has 2 aliphatic rings. The Labute approximate surface area is 289 Å². The van der Waals surface area contributed by atoms with Crippen molar-refractivity contribution in [3.8, 4) is 0 Å². The largest absolute Gasteiger partial charge is 0.444 e. The van der Waals surface area contributed by atoms with Gasteiger partial charge in [0, 0.05) is 25.0 Å². The topological polar surface area (TPSA) is 141 Å². The Hall–Kier alpha value is -4.19. The van der Waals surface area contributed by atoms with Crippen molar-refractivity contribution in [2.75, 3.05) is 13.1 Å². The maximum Gasteiger partial charge on any atom is 0.408 e. The van der Waals surface area contributed by atoms with Gasteiger partial charge in [0.25, 0.3) is 0 Å². The van der Waals surface area contributed by atoms with E-state index in [1.807, 2.05) is 67.6 Å². The third-order valence-corrected chi connectivity index (χ3v) is 9.08. The highest BCUT2D eigenvalue weighted by atomic mass is 32.1. The number of carbonyl (C=O) groups is 4. The van der Waals surface area contributed by atoms with Gasteiger partial charge in [-0.05, 0) is 83.1 Å². The van der Waals surface area contributed by atoms with E-state index in [0.717, 1.165) is 11.1 Å². The molecule has 260 valence electrons. The van der Waals surface area contributed by atoms with Crippen LogP contribution in [0.2, 0.25) is 0 Å². The maximum atomic E-state index is 14.5. The van der Waals surface area contributed by atoms with Gasteiger partial charge in [-0.2, -0.15) is 0 Å². The van der Waals surface area contributed by atoms with E-state index in [1.54, 1.807) is 32.6 Å².